The molecule has 94 valence electrons. The summed E-state index contributed by atoms with van der Waals surface area (Å²) in [6.45, 7) is 7.35. The van der Waals surface area contributed by atoms with Crippen molar-refractivity contribution in [1.29, 1.82) is 0 Å². The molecule has 2 rings (SSSR count). The average molecular weight is 234 g/mol. The summed E-state index contributed by atoms with van der Waals surface area (Å²) in [6, 6.07) is 2.38. The van der Waals surface area contributed by atoms with Gasteiger partial charge in [-0.25, -0.2) is 9.97 Å². The predicted molar refractivity (Wildman–Crippen MR) is 69.0 cm³/mol. The van der Waals surface area contributed by atoms with Crippen molar-refractivity contribution in [1.82, 2.24) is 20.2 Å². The van der Waals surface area contributed by atoms with Gasteiger partial charge in [-0.2, -0.15) is 0 Å². The van der Waals surface area contributed by atoms with Crippen LogP contribution in [0.4, 0.5) is 0 Å². The Morgan fingerprint density at radius 1 is 1.47 bits per heavy atom. The standard InChI is InChI=1S/C13H22N4/c1-4-5-11-8-10(2)15-13(16-11)12-9-17(3)7-6-14-12/h8,12,14H,4-7,9H2,1-3H3. The molecule has 2 heterocycles. The van der Waals surface area contributed by atoms with E-state index < -0.39 is 0 Å². The van der Waals surface area contributed by atoms with Crippen molar-refractivity contribution in [2.24, 2.45) is 0 Å². The van der Waals surface area contributed by atoms with Gasteiger partial charge in [-0.1, -0.05) is 13.3 Å². The van der Waals surface area contributed by atoms with E-state index >= 15 is 0 Å². The fourth-order valence-corrected chi connectivity index (χ4v) is 2.27. The SMILES string of the molecule is CCCc1cc(C)nc(C2CN(C)CCN2)n1. The first-order chi connectivity index (χ1) is 8.19. The average Bonchev–Trinajstić information content (AvgIpc) is 2.28. The van der Waals surface area contributed by atoms with Gasteiger partial charge in [0.15, 0.2) is 0 Å². The topological polar surface area (TPSA) is 41.1 Å². The van der Waals surface area contributed by atoms with E-state index in [1.165, 1.54) is 5.69 Å². The Balaban J connectivity index is 2.18. The largest absolute Gasteiger partial charge is 0.305 e. The lowest BCUT2D eigenvalue weighted by Crippen LogP contribution is -2.44. The van der Waals surface area contributed by atoms with Crippen LogP contribution in [0.2, 0.25) is 0 Å². The van der Waals surface area contributed by atoms with E-state index in [0.717, 1.165) is 44.0 Å². The van der Waals surface area contributed by atoms with E-state index in [0.29, 0.717) is 0 Å². The highest BCUT2D eigenvalue weighted by Gasteiger charge is 2.21. The van der Waals surface area contributed by atoms with Gasteiger partial charge in [0.25, 0.3) is 0 Å². The highest BCUT2D eigenvalue weighted by molar-refractivity contribution is 5.13. The van der Waals surface area contributed by atoms with Gasteiger partial charge >= 0.3 is 0 Å². The van der Waals surface area contributed by atoms with Crippen molar-refractivity contribution >= 4 is 0 Å². The zero-order valence-corrected chi connectivity index (χ0v) is 11.0. The van der Waals surface area contributed by atoms with Crippen molar-refractivity contribution in [3.8, 4) is 0 Å². The molecule has 1 fully saturated rings. The molecular weight excluding hydrogens is 212 g/mol. The normalized spacial score (nSPS) is 21.7. The van der Waals surface area contributed by atoms with Crippen molar-refractivity contribution in [3.05, 3.63) is 23.3 Å². The van der Waals surface area contributed by atoms with Gasteiger partial charge in [0.05, 0.1) is 6.04 Å². The highest BCUT2D eigenvalue weighted by Crippen LogP contribution is 2.14. The number of piperazine rings is 1. The number of likely N-dealkylation sites (N-methyl/N-ethyl adjacent to an activating group) is 1. The van der Waals surface area contributed by atoms with Crippen molar-refractivity contribution in [2.45, 2.75) is 32.7 Å². The summed E-state index contributed by atoms with van der Waals surface area (Å²) >= 11 is 0. The van der Waals surface area contributed by atoms with Crippen molar-refractivity contribution < 1.29 is 0 Å². The quantitative estimate of drug-likeness (QED) is 0.856. The lowest BCUT2D eigenvalue weighted by atomic mass is 10.1. The zero-order valence-electron chi connectivity index (χ0n) is 11.0. The summed E-state index contributed by atoms with van der Waals surface area (Å²) in [4.78, 5) is 11.6. The Morgan fingerprint density at radius 3 is 3.00 bits per heavy atom. The van der Waals surface area contributed by atoms with E-state index in [2.05, 4.69) is 47.1 Å². The molecule has 1 aliphatic heterocycles. The predicted octanol–water partition coefficient (Wildman–Crippen LogP) is 1.31. The van der Waals surface area contributed by atoms with Gasteiger partial charge in [-0.05, 0) is 26.5 Å². The fourth-order valence-electron chi connectivity index (χ4n) is 2.27. The van der Waals surface area contributed by atoms with Crippen LogP contribution in [0.1, 0.15) is 36.6 Å². The number of nitrogens with one attached hydrogen (secondary N) is 1. The first kappa shape index (κ1) is 12.5. The first-order valence-electron chi connectivity index (χ1n) is 6.45. The van der Waals surface area contributed by atoms with Gasteiger partial charge in [-0.15, -0.1) is 0 Å². The summed E-state index contributed by atoms with van der Waals surface area (Å²) < 4.78 is 0. The van der Waals surface area contributed by atoms with Crippen LogP contribution in [0, 0.1) is 6.92 Å². The molecule has 0 bridgehead atoms. The molecule has 1 aromatic rings. The van der Waals surface area contributed by atoms with Crippen molar-refractivity contribution in [3.63, 3.8) is 0 Å². The molecule has 4 heteroatoms. The van der Waals surface area contributed by atoms with Crippen LogP contribution in [0.5, 0.6) is 0 Å². The molecule has 17 heavy (non-hydrogen) atoms. The van der Waals surface area contributed by atoms with Gasteiger partial charge < -0.3 is 10.2 Å². The fraction of sp³-hybridized carbons (Fsp3) is 0.692. The summed E-state index contributed by atoms with van der Waals surface area (Å²) in [5, 5.41) is 3.50. The van der Waals surface area contributed by atoms with Crippen LogP contribution in [0.15, 0.2) is 6.07 Å². The second kappa shape index (κ2) is 5.56. The number of aromatic nitrogens is 2. The highest BCUT2D eigenvalue weighted by atomic mass is 15.2. The molecule has 1 saturated heterocycles. The molecule has 1 atom stereocenters. The van der Waals surface area contributed by atoms with E-state index in [4.69, 9.17) is 0 Å². The van der Waals surface area contributed by atoms with Gasteiger partial charge in [0.1, 0.15) is 5.82 Å². The third kappa shape index (κ3) is 3.23. The third-order valence-electron chi connectivity index (χ3n) is 3.12. The minimum Gasteiger partial charge on any atom is -0.305 e. The Kier molecular flexibility index (Phi) is 4.07. The minimum absolute atomic E-state index is 0.282. The monoisotopic (exact) mass is 234 g/mol. The molecule has 4 nitrogen and oxygen atoms in total. The zero-order chi connectivity index (χ0) is 12.3. The Hall–Kier alpha value is -1.00. The molecule has 1 unspecified atom stereocenters. The Bertz CT molecular complexity index is 378. The number of rotatable bonds is 3. The number of hydrogen-bond donors (Lipinski definition) is 1. The van der Waals surface area contributed by atoms with Crippen LogP contribution in [-0.2, 0) is 6.42 Å². The molecule has 0 amide bonds. The second-order valence-electron chi connectivity index (χ2n) is 4.88. The molecule has 1 aromatic heterocycles. The molecule has 0 aromatic carbocycles. The van der Waals surface area contributed by atoms with Crippen LogP contribution in [0.25, 0.3) is 0 Å². The summed E-state index contributed by atoms with van der Waals surface area (Å²) in [5.74, 6) is 0.958. The number of nitrogens with zero attached hydrogens (tertiary/aromatic N) is 3. The van der Waals surface area contributed by atoms with Crippen LogP contribution in [-0.4, -0.2) is 41.5 Å². The molecular formula is C13H22N4. The molecule has 0 saturated carbocycles. The number of hydrogen-bond acceptors (Lipinski definition) is 4. The molecule has 0 spiro atoms. The smallest absolute Gasteiger partial charge is 0.147 e. The van der Waals surface area contributed by atoms with E-state index in [9.17, 15) is 0 Å². The van der Waals surface area contributed by atoms with E-state index in [1.807, 2.05) is 0 Å². The second-order valence-corrected chi connectivity index (χ2v) is 4.88. The maximum atomic E-state index is 4.68. The lowest BCUT2D eigenvalue weighted by Gasteiger charge is -2.30. The minimum atomic E-state index is 0.282. The lowest BCUT2D eigenvalue weighted by molar-refractivity contribution is 0.235. The Labute approximate surface area is 103 Å². The number of aryl methyl sites for hydroxylation is 2. The van der Waals surface area contributed by atoms with Gasteiger partial charge in [0.2, 0.25) is 0 Å². The van der Waals surface area contributed by atoms with Gasteiger partial charge in [-0.3, -0.25) is 0 Å². The maximum Gasteiger partial charge on any atom is 0.147 e. The first-order valence-corrected chi connectivity index (χ1v) is 6.45. The summed E-state index contributed by atoms with van der Waals surface area (Å²) in [7, 11) is 2.15. The molecule has 1 N–H and O–H groups in total. The molecule has 0 radical (unpaired) electrons. The van der Waals surface area contributed by atoms with Crippen LogP contribution >= 0.6 is 0 Å². The van der Waals surface area contributed by atoms with Gasteiger partial charge in [0, 0.05) is 31.0 Å². The van der Waals surface area contributed by atoms with Crippen molar-refractivity contribution in [2.75, 3.05) is 26.7 Å². The van der Waals surface area contributed by atoms with Crippen LogP contribution < -0.4 is 5.32 Å². The Morgan fingerprint density at radius 2 is 2.29 bits per heavy atom. The summed E-state index contributed by atoms with van der Waals surface area (Å²) in [5.41, 5.74) is 2.25. The summed E-state index contributed by atoms with van der Waals surface area (Å²) in [6.07, 6.45) is 2.17. The third-order valence-corrected chi connectivity index (χ3v) is 3.12. The van der Waals surface area contributed by atoms with E-state index in [-0.39, 0.29) is 6.04 Å². The maximum absolute atomic E-state index is 4.68. The van der Waals surface area contributed by atoms with E-state index in [1.54, 1.807) is 0 Å². The molecule has 1 aliphatic rings. The van der Waals surface area contributed by atoms with Crippen LogP contribution in [0.3, 0.4) is 0 Å². The molecule has 0 aliphatic carbocycles.